The predicted octanol–water partition coefficient (Wildman–Crippen LogP) is 3.80. The SMILES string of the molecule is CC(NC(=O)C1CCC(N)C1)c1ccc(NC(=O)c2ccc(F)cc2)cc1.Cl. The lowest BCUT2D eigenvalue weighted by molar-refractivity contribution is -0.125. The molecule has 3 unspecified atom stereocenters. The Morgan fingerprint density at radius 2 is 1.71 bits per heavy atom. The molecule has 0 aliphatic heterocycles. The molecule has 5 nitrogen and oxygen atoms in total. The average molecular weight is 406 g/mol. The largest absolute Gasteiger partial charge is 0.349 e. The van der Waals surface area contributed by atoms with E-state index in [1.807, 2.05) is 19.1 Å². The minimum Gasteiger partial charge on any atom is -0.349 e. The van der Waals surface area contributed by atoms with E-state index in [9.17, 15) is 14.0 Å². The summed E-state index contributed by atoms with van der Waals surface area (Å²) in [4.78, 5) is 24.5. The lowest BCUT2D eigenvalue weighted by atomic mass is 10.0. The van der Waals surface area contributed by atoms with Gasteiger partial charge in [-0.05, 0) is 68.1 Å². The fraction of sp³-hybridized carbons (Fsp3) is 0.333. The Kier molecular flexibility index (Phi) is 7.54. The number of benzene rings is 2. The van der Waals surface area contributed by atoms with Gasteiger partial charge in [-0.1, -0.05) is 12.1 Å². The number of carbonyl (C=O) groups is 2. The molecule has 1 saturated carbocycles. The van der Waals surface area contributed by atoms with E-state index in [1.165, 1.54) is 24.3 Å². The molecule has 2 amide bonds. The number of nitrogens with one attached hydrogen (secondary N) is 2. The van der Waals surface area contributed by atoms with Crippen LogP contribution in [0.5, 0.6) is 0 Å². The maximum atomic E-state index is 12.9. The van der Waals surface area contributed by atoms with E-state index in [1.54, 1.807) is 12.1 Å². The van der Waals surface area contributed by atoms with Crippen LogP contribution in [0.1, 0.15) is 48.1 Å². The summed E-state index contributed by atoms with van der Waals surface area (Å²) in [6, 6.07) is 12.7. The van der Waals surface area contributed by atoms with Crippen molar-refractivity contribution in [2.75, 3.05) is 5.32 Å². The number of hydrogen-bond acceptors (Lipinski definition) is 3. The summed E-state index contributed by atoms with van der Waals surface area (Å²) >= 11 is 0. The van der Waals surface area contributed by atoms with Gasteiger partial charge in [0.05, 0.1) is 6.04 Å². The summed E-state index contributed by atoms with van der Waals surface area (Å²) in [6.45, 7) is 1.93. The van der Waals surface area contributed by atoms with Crippen molar-refractivity contribution < 1.29 is 14.0 Å². The zero-order valence-corrected chi connectivity index (χ0v) is 16.5. The van der Waals surface area contributed by atoms with E-state index >= 15 is 0 Å². The third kappa shape index (κ3) is 5.53. The van der Waals surface area contributed by atoms with Crippen LogP contribution in [0.25, 0.3) is 0 Å². The highest BCUT2D eigenvalue weighted by Gasteiger charge is 2.28. The van der Waals surface area contributed by atoms with E-state index in [2.05, 4.69) is 10.6 Å². The molecular weight excluding hydrogens is 381 g/mol. The summed E-state index contributed by atoms with van der Waals surface area (Å²) in [7, 11) is 0. The first kappa shape index (κ1) is 21.9. The minimum atomic E-state index is -0.383. The number of carbonyl (C=O) groups excluding carboxylic acids is 2. The van der Waals surface area contributed by atoms with Gasteiger partial charge in [0.1, 0.15) is 5.82 Å². The monoisotopic (exact) mass is 405 g/mol. The highest BCUT2D eigenvalue weighted by molar-refractivity contribution is 6.04. The van der Waals surface area contributed by atoms with Crippen molar-refractivity contribution in [1.82, 2.24) is 5.32 Å². The Morgan fingerprint density at radius 1 is 1.07 bits per heavy atom. The van der Waals surface area contributed by atoms with E-state index in [0.29, 0.717) is 11.3 Å². The second kappa shape index (κ2) is 9.66. The maximum Gasteiger partial charge on any atom is 0.255 e. The van der Waals surface area contributed by atoms with Crippen molar-refractivity contribution in [3.8, 4) is 0 Å². The minimum absolute atomic E-state index is 0. The van der Waals surface area contributed by atoms with Crippen molar-refractivity contribution in [3.63, 3.8) is 0 Å². The Bertz CT molecular complexity index is 811. The number of anilines is 1. The Morgan fingerprint density at radius 3 is 2.29 bits per heavy atom. The van der Waals surface area contributed by atoms with Gasteiger partial charge in [0.25, 0.3) is 5.91 Å². The van der Waals surface area contributed by atoms with Crippen LogP contribution in [0.4, 0.5) is 10.1 Å². The third-order valence-corrected chi connectivity index (χ3v) is 4.98. The van der Waals surface area contributed by atoms with Crippen LogP contribution < -0.4 is 16.4 Å². The first-order valence-corrected chi connectivity index (χ1v) is 9.15. The molecule has 0 aromatic heterocycles. The molecule has 3 atom stereocenters. The number of halogens is 2. The quantitative estimate of drug-likeness (QED) is 0.707. The highest BCUT2D eigenvalue weighted by atomic mass is 35.5. The van der Waals surface area contributed by atoms with Crippen molar-refractivity contribution in [3.05, 3.63) is 65.5 Å². The second-order valence-corrected chi connectivity index (χ2v) is 7.08. The van der Waals surface area contributed by atoms with Gasteiger partial charge >= 0.3 is 0 Å². The summed E-state index contributed by atoms with van der Waals surface area (Å²) in [5.41, 5.74) is 7.84. The Hall–Kier alpha value is -2.44. The zero-order chi connectivity index (χ0) is 19.4. The molecular formula is C21H25ClFN3O2. The van der Waals surface area contributed by atoms with Crippen molar-refractivity contribution in [2.45, 2.75) is 38.3 Å². The van der Waals surface area contributed by atoms with Gasteiger partial charge in [0.2, 0.25) is 5.91 Å². The van der Waals surface area contributed by atoms with E-state index in [4.69, 9.17) is 5.73 Å². The second-order valence-electron chi connectivity index (χ2n) is 7.08. The summed E-state index contributed by atoms with van der Waals surface area (Å²) in [5.74, 6) is -0.644. The molecule has 0 saturated heterocycles. The average Bonchev–Trinajstić information content (AvgIpc) is 3.09. The van der Waals surface area contributed by atoms with Crippen LogP contribution in [-0.2, 0) is 4.79 Å². The smallest absolute Gasteiger partial charge is 0.255 e. The Balaban J connectivity index is 0.00000280. The maximum absolute atomic E-state index is 12.9. The lowest BCUT2D eigenvalue weighted by Crippen LogP contribution is -2.32. The van der Waals surface area contributed by atoms with Crippen molar-refractivity contribution in [2.24, 2.45) is 11.7 Å². The first-order chi connectivity index (χ1) is 12.9. The summed E-state index contributed by atoms with van der Waals surface area (Å²) < 4.78 is 12.9. The molecule has 0 bridgehead atoms. The van der Waals surface area contributed by atoms with Crippen LogP contribution >= 0.6 is 12.4 Å². The molecule has 2 aromatic carbocycles. The topological polar surface area (TPSA) is 84.2 Å². The predicted molar refractivity (Wildman–Crippen MR) is 110 cm³/mol. The normalized spacial score (nSPS) is 19.4. The van der Waals surface area contributed by atoms with Gasteiger partial charge in [0, 0.05) is 23.2 Å². The standard InChI is InChI=1S/C21H24FN3O2.ClH/c1-13(24-21(27)16-4-9-18(23)12-16)14-5-10-19(11-6-14)25-20(26)15-2-7-17(22)8-3-15;/h2-3,5-8,10-11,13,16,18H,4,9,12,23H2,1H3,(H,24,27)(H,25,26);1H. The van der Waals surface area contributed by atoms with Crippen LogP contribution in [0.2, 0.25) is 0 Å². The fourth-order valence-electron chi connectivity index (χ4n) is 3.33. The molecule has 1 fully saturated rings. The van der Waals surface area contributed by atoms with Gasteiger partial charge in [-0.2, -0.15) is 0 Å². The molecule has 3 rings (SSSR count). The van der Waals surface area contributed by atoms with Crippen LogP contribution in [0, 0.1) is 11.7 Å². The molecule has 4 N–H and O–H groups in total. The molecule has 1 aliphatic carbocycles. The van der Waals surface area contributed by atoms with Gasteiger partial charge in [-0.15, -0.1) is 12.4 Å². The number of hydrogen-bond donors (Lipinski definition) is 3. The van der Waals surface area contributed by atoms with Crippen LogP contribution in [0.3, 0.4) is 0 Å². The molecule has 28 heavy (non-hydrogen) atoms. The molecule has 2 aromatic rings. The van der Waals surface area contributed by atoms with E-state index in [-0.39, 0.29) is 48.0 Å². The molecule has 0 heterocycles. The van der Waals surface area contributed by atoms with Crippen molar-refractivity contribution >= 4 is 29.9 Å². The first-order valence-electron chi connectivity index (χ1n) is 9.15. The molecule has 0 spiro atoms. The molecule has 150 valence electrons. The van der Waals surface area contributed by atoms with Crippen LogP contribution in [0.15, 0.2) is 48.5 Å². The third-order valence-electron chi connectivity index (χ3n) is 4.98. The van der Waals surface area contributed by atoms with Gasteiger partial charge < -0.3 is 16.4 Å². The van der Waals surface area contributed by atoms with Crippen LogP contribution in [-0.4, -0.2) is 17.9 Å². The fourth-order valence-corrected chi connectivity index (χ4v) is 3.33. The highest BCUT2D eigenvalue weighted by Crippen LogP contribution is 2.25. The number of amides is 2. The van der Waals surface area contributed by atoms with E-state index < -0.39 is 0 Å². The molecule has 0 radical (unpaired) electrons. The van der Waals surface area contributed by atoms with Gasteiger partial charge in [-0.3, -0.25) is 9.59 Å². The number of rotatable bonds is 5. The van der Waals surface area contributed by atoms with Gasteiger partial charge in [0.15, 0.2) is 0 Å². The van der Waals surface area contributed by atoms with Gasteiger partial charge in [-0.25, -0.2) is 4.39 Å². The number of nitrogens with two attached hydrogens (primary N) is 1. The molecule has 1 aliphatic rings. The van der Waals surface area contributed by atoms with E-state index in [0.717, 1.165) is 24.8 Å². The zero-order valence-electron chi connectivity index (χ0n) is 15.7. The Labute approximate surface area is 170 Å². The summed E-state index contributed by atoms with van der Waals surface area (Å²) in [6.07, 6.45) is 2.48. The summed E-state index contributed by atoms with van der Waals surface area (Å²) in [5, 5.41) is 5.80. The lowest BCUT2D eigenvalue weighted by Gasteiger charge is -2.18. The molecule has 7 heteroatoms. The van der Waals surface area contributed by atoms with Crippen molar-refractivity contribution in [1.29, 1.82) is 0 Å².